The lowest BCUT2D eigenvalue weighted by atomic mass is 10.2. The minimum atomic E-state index is -1.12. The molecular formula is C20H21ClN2O5. The summed E-state index contributed by atoms with van der Waals surface area (Å²) < 4.78 is 5.41. The van der Waals surface area contributed by atoms with Gasteiger partial charge in [0, 0.05) is 18.7 Å². The summed E-state index contributed by atoms with van der Waals surface area (Å²) in [5.74, 6) is -1.26. The van der Waals surface area contributed by atoms with Crippen LogP contribution in [0.15, 0.2) is 42.5 Å². The summed E-state index contributed by atoms with van der Waals surface area (Å²) in [6.07, 6.45) is 0. The van der Waals surface area contributed by atoms with E-state index in [9.17, 15) is 14.4 Å². The minimum Gasteiger partial charge on any atom is -0.484 e. The van der Waals surface area contributed by atoms with Gasteiger partial charge < -0.3 is 20.1 Å². The number of nitrogens with one attached hydrogen (secondary N) is 1. The standard InChI is InChI=1S/C20H21ClN2O5/c1-3-23(4-2)19(25)13-5-8-15(9-6-13)28-12-18(24)22-17-11-14(20(26)27)7-10-16(17)21/h5-11H,3-4,12H2,1-2H3,(H,22,24)(H,26,27). The van der Waals surface area contributed by atoms with Crippen molar-refractivity contribution in [1.29, 1.82) is 0 Å². The zero-order valence-corrected chi connectivity index (χ0v) is 16.3. The summed E-state index contributed by atoms with van der Waals surface area (Å²) in [5, 5.41) is 11.7. The van der Waals surface area contributed by atoms with E-state index in [2.05, 4.69) is 5.32 Å². The molecule has 0 aromatic heterocycles. The van der Waals surface area contributed by atoms with Crippen LogP contribution in [-0.2, 0) is 4.79 Å². The highest BCUT2D eigenvalue weighted by molar-refractivity contribution is 6.33. The van der Waals surface area contributed by atoms with Crippen molar-refractivity contribution in [3.8, 4) is 5.75 Å². The smallest absolute Gasteiger partial charge is 0.335 e. The first-order valence-corrected chi connectivity index (χ1v) is 9.08. The predicted molar refractivity (Wildman–Crippen MR) is 106 cm³/mol. The molecule has 0 aliphatic rings. The number of aromatic carboxylic acids is 1. The zero-order chi connectivity index (χ0) is 20.7. The first kappa shape index (κ1) is 21.2. The number of nitrogens with zero attached hydrogens (tertiary/aromatic N) is 1. The van der Waals surface area contributed by atoms with Crippen molar-refractivity contribution in [3.05, 3.63) is 58.6 Å². The predicted octanol–water partition coefficient (Wildman–Crippen LogP) is 3.54. The molecule has 0 aliphatic heterocycles. The Labute approximate surface area is 167 Å². The molecule has 28 heavy (non-hydrogen) atoms. The van der Waals surface area contributed by atoms with Gasteiger partial charge in [0.1, 0.15) is 5.75 Å². The van der Waals surface area contributed by atoms with Gasteiger partial charge >= 0.3 is 5.97 Å². The Morgan fingerprint density at radius 1 is 1.04 bits per heavy atom. The van der Waals surface area contributed by atoms with E-state index in [0.29, 0.717) is 24.4 Å². The molecule has 0 unspecified atom stereocenters. The summed E-state index contributed by atoms with van der Waals surface area (Å²) in [7, 11) is 0. The van der Waals surface area contributed by atoms with E-state index >= 15 is 0 Å². The van der Waals surface area contributed by atoms with Crippen LogP contribution in [0.25, 0.3) is 0 Å². The highest BCUT2D eigenvalue weighted by Gasteiger charge is 2.13. The van der Waals surface area contributed by atoms with Crippen molar-refractivity contribution in [3.63, 3.8) is 0 Å². The Bertz CT molecular complexity index is 863. The van der Waals surface area contributed by atoms with Gasteiger partial charge in [0.15, 0.2) is 6.61 Å². The molecule has 0 aliphatic carbocycles. The van der Waals surface area contributed by atoms with Crippen molar-refractivity contribution < 1.29 is 24.2 Å². The number of rotatable bonds is 8. The van der Waals surface area contributed by atoms with Crippen LogP contribution in [0.1, 0.15) is 34.6 Å². The number of carbonyl (C=O) groups is 3. The van der Waals surface area contributed by atoms with Gasteiger partial charge in [-0.3, -0.25) is 9.59 Å². The Kier molecular flexibility index (Phi) is 7.40. The fourth-order valence-corrected chi connectivity index (χ4v) is 2.64. The lowest BCUT2D eigenvalue weighted by Crippen LogP contribution is -2.30. The Balaban J connectivity index is 1.95. The van der Waals surface area contributed by atoms with Crippen LogP contribution >= 0.6 is 11.6 Å². The summed E-state index contributed by atoms with van der Waals surface area (Å²) in [4.78, 5) is 37.0. The summed E-state index contributed by atoms with van der Waals surface area (Å²) in [6.45, 7) is 4.78. The molecule has 0 bridgehead atoms. The topological polar surface area (TPSA) is 95.9 Å². The summed E-state index contributed by atoms with van der Waals surface area (Å²) in [5.41, 5.74) is 0.738. The van der Waals surface area contributed by atoms with Crippen molar-refractivity contribution in [2.75, 3.05) is 25.0 Å². The Hall–Kier alpha value is -3.06. The lowest BCUT2D eigenvalue weighted by Gasteiger charge is -2.18. The maximum atomic E-state index is 12.3. The van der Waals surface area contributed by atoms with Gasteiger partial charge in [-0.05, 0) is 56.3 Å². The van der Waals surface area contributed by atoms with Gasteiger partial charge in [-0.1, -0.05) is 11.6 Å². The Morgan fingerprint density at radius 2 is 1.64 bits per heavy atom. The van der Waals surface area contributed by atoms with Gasteiger partial charge in [-0.25, -0.2) is 4.79 Å². The fourth-order valence-electron chi connectivity index (χ4n) is 2.48. The maximum Gasteiger partial charge on any atom is 0.335 e. The molecule has 2 rings (SSSR count). The highest BCUT2D eigenvalue weighted by atomic mass is 35.5. The molecule has 2 aromatic carbocycles. The van der Waals surface area contributed by atoms with Gasteiger partial charge in [0.25, 0.3) is 11.8 Å². The number of carboxylic acids is 1. The van der Waals surface area contributed by atoms with Crippen LogP contribution in [0.4, 0.5) is 5.69 Å². The quantitative estimate of drug-likeness (QED) is 0.701. The average Bonchev–Trinajstić information content (AvgIpc) is 2.69. The number of halogens is 1. The second kappa shape index (κ2) is 9.75. The number of anilines is 1. The number of carbonyl (C=O) groups excluding carboxylic acids is 2. The largest absolute Gasteiger partial charge is 0.484 e. The molecule has 2 aromatic rings. The summed E-state index contributed by atoms with van der Waals surface area (Å²) >= 11 is 5.97. The molecule has 148 valence electrons. The van der Waals surface area contributed by atoms with Crippen LogP contribution in [0, 0.1) is 0 Å². The molecule has 0 saturated heterocycles. The number of ether oxygens (including phenoxy) is 1. The van der Waals surface area contributed by atoms with Crippen LogP contribution < -0.4 is 10.1 Å². The molecule has 2 N–H and O–H groups in total. The van der Waals surface area contributed by atoms with Crippen LogP contribution in [0.3, 0.4) is 0 Å². The van der Waals surface area contributed by atoms with E-state index < -0.39 is 11.9 Å². The number of hydrogen-bond acceptors (Lipinski definition) is 4. The molecule has 0 heterocycles. The van der Waals surface area contributed by atoms with Crippen LogP contribution in [-0.4, -0.2) is 47.5 Å². The maximum absolute atomic E-state index is 12.3. The monoisotopic (exact) mass is 404 g/mol. The van der Waals surface area contributed by atoms with Crippen molar-refractivity contribution in [1.82, 2.24) is 4.90 Å². The number of carboxylic acid groups (broad SMARTS) is 1. The first-order valence-electron chi connectivity index (χ1n) is 8.70. The van der Waals surface area contributed by atoms with Gasteiger partial charge in [-0.2, -0.15) is 0 Å². The van der Waals surface area contributed by atoms with Gasteiger partial charge in [0.2, 0.25) is 0 Å². The number of benzene rings is 2. The summed E-state index contributed by atoms with van der Waals surface area (Å²) in [6, 6.07) is 10.5. The molecule has 0 fully saturated rings. The first-order chi connectivity index (χ1) is 13.3. The zero-order valence-electron chi connectivity index (χ0n) is 15.6. The van der Waals surface area contributed by atoms with E-state index in [4.69, 9.17) is 21.4 Å². The molecule has 0 spiro atoms. The van der Waals surface area contributed by atoms with Crippen molar-refractivity contribution in [2.45, 2.75) is 13.8 Å². The van der Waals surface area contributed by atoms with Crippen molar-refractivity contribution >= 4 is 35.1 Å². The van der Waals surface area contributed by atoms with Gasteiger partial charge in [-0.15, -0.1) is 0 Å². The molecular weight excluding hydrogens is 384 g/mol. The van der Waals surface area contributed by atoms with Gasteiger partial charge in [0.05, 0.1) is 16.3 Å². The van der Waals surface area contributed by atoms with E-state index in [0.717, 1.165) is 0 Å². The molecule has 7 nitrogen and oxygen atoms in total. The SMILES string of the molecule is CCN(CC)C(=O)c1ccc(OCC(=O)Nc2cc(C(=O)O)ccc2Cl)cc1. The Morgan fingerprint density at radius 3 is 2.21 bits per heavy atom. The third-order valence-corrected chi connectivity index (χ3v) is 4.34. The fraction of sp³-hybridized carbons (Fsp3) is 0.250. The third-order valence-electron chi connectivity index (χ3n) is 4.01. The molecule has 0 atom stereocenters. The molecule has 0 saturated carbocycles. The molecule has 8 heteroatoms. The second-order valence-corrected chi connectivity index (χ2v) is 6.25. The lowest BCUT2D eigenvalue weighted by molar-refractivity contribution is -0.118. The number of hydrogen-bond donors (Lipinski definition) is 2. The van der Waals surface area contributed by atoms with E-state index in [-0.39, 0.29) is 28.8 Å². The molecule has 2 amide bonds. The van der Waals surface area contributed by atoms with E-state index in [1.54, 1.807) is 29.2 Å². The van der Waals surface area contributed by atoms with E-state index in [1.807, 2.05) is 13.8 Å². The minimum absolute atomic E-state index is 0.00840. The van der Waals surface area contributed by atoms with Crippen LogP contribution in [0.2, 0.25) is 5.02 Å². The van der Waals surface area contributed by atoms with Crippen LogP contribution in [0.5, 0.6) is 5.75 Å². The van der Waals surface area contributed by atoms with E-state index in [1.165, 1.54) is 18.2 Å². The third kappa shape index (κ3) is 5.47. The second-order valence-electron chi connectivity index (χ2n) is 5.84. The normalized spacial score (nSPS) is 10.2. The number of amides is 2. The average molecular weight is 405 g/mol. The molecule has 0 radical (unpaired) electrons. The highest BCUT2D eigenvalue weighted by Crippen LogP contribution is 2.23. The van der Waals surface area contributed by atoms with Crippen molar-refractivity contribution in [2.24, 2.45) is 0 Å².